The standard InChI is InChI=1S/C21H21N3O3/c1-26-18-9-7-15(8-10-18)19-12-17(23-14-24-19)13-22-21(25)11-16-5-3-4-6-20(16)27-2/h3-10,12,14H,11,13H2,1-2H3,(H,22,25). The lowest BCUT2D eigenvalue weighted by Gasteiger charge is -2.09. The number of hydrogen-bond donors (Lipinski definition) is 1. The zero-order chi connectivity index (χ0) is 19.1. The number of methoxy groups -OCH3 is 2. The van der Waals surface area contributed by atoms with Gasteiger partial charge in [-0.1, -0.05) is 18.2 Å². The lowest BCUT2D eigenvalue weighted by molar-refractivity contribution is -0.120. The molecule has 0 aliphatic rings. The van der Waals surface area contributed by atoms with E-state index in [1.165, 1.54) is 6.33 Å². The van der Waals surface area contributed by atoms with Crippen molar-refractivity contribution in [3.05, 3.63) is 72.2 Å². The fraction of sp³-hybridized carbons (Fsp3) is 0.190. The summed E-state index contributed by atoms with van der Waals surface area (Å²) >= 11 is 0. The smallest absolute Gasteiger partial charge is 0.224 e. The monoisotopic (exact) mass is 363 g/mol. The maximum Gasteiger partial charge on any atom is 0.224 e. The van der Waals surface area contributed by atoms with Crippen LogP contribution in [0.5, 0.6) is 11.5 Å². The molecule has 0 aliphatic heterocycles. The summed E-state index contributed by atoms with van der Waals surface area (Å²) in [6.07, 6.45) is 1.75. The van der Waals surface area contributed by atoms with Crippen molar-refractivity contribution >= 4 is 5.91 Å². The second-order valence-corrected chi connectivity index (χ2v) is 5.89. The predicted octanol–water partition coefficient (Wildman–Crippen LogP) is 3.02. The van der Waals surface area contributed by atoms with Gasteiger partial charge in [-0.05, 0) is 36.4 Å². The second-order valence-electron chi connectivity index (χ2n) is 5.89. The summed E-state index contributed by atoms with van der Waals surface area (Å²) in [5.41, 5.74) is 3.34. The summed E-state index contributed by atoms with van der Waals surface area (Å²) in [7, 11) is 3.23. The Bertz CT molecular complexity index is 911. The van der Waals surface area contributed by atoms with Crippen molar-refractivity contribution in [1.82, 2.24) is 15.3 Å². The highest BCUT2D eigenvalue weighted by molar-refractivity contribution is 5.79. The van der Waals surface area contributed by atoms with Crippen LogP contribution in [-0.2, 0) is 17.8 Å². The van der Waals surface area contributed by atoms with E-state index in [1.54, 1.807) is 14.2 Å². The van der Waals surface area contributed by atoms with Crippen LogP contribution in [0.2, 0.25) is 0 Å². The number of para-hydroxylation sites is 1. The van der Waals surface area contributed by atoms with Crippen LogP contribution in [0.15, 0.2) is 60.9 Å². The Morgan fingerprint density at radius 2 is 1.78 bits per heavy atom. The van der Waals surface area contributed by atoms with Gasteiger partial charge in [-0.25, -0.2) is 9.97 Å². The number of hydrogen-bond acceptors (Lipinski definition) is 5. The van der Waals surface area contributed by atoms with Crippen molar-refractivity contribution in [2.75, 3.05) is 14.2 Å². The van der Waals surface area contributed by atoms with E-state index in [0.29, 0.717) is 12.3 Å². The highest BCUT2D eigenvalue weighted by atomic mass is 16.5. The van der Waals surface area contributed by atoms with Gasteiger partial charge in [-0.15, -0.1) is 0 Å². The SMILES string of the molecule is COc1ccc(-c2cc(CNC(=O)Cc3ccccc3OC)ncn2)cc1. The van der Waals surface area contributed by atoms with Gasteiger partial charge in [0.05, 0.1) is 38.6 Å². The topological polar surface area (TPSA) is 73.3 Å². The Labute approximate surface area is 158 Å². The normalized spacial score (nSPS) is 10.3. The fourth-order valence-electron chi connectivity index (χ4n) is 2.69. The van der Waals surface area contributed by atoms with E-state index in [-0.39, 0.29) is 12.3 Å². The molecule has 138 valence electrons. The third-order valence-corrected chi connectivity index (χ3v) is 4.12. The van der Waals surface area contributed by atoms with Gasteiger partial charge in [0.25, 0.3) is 0 Å². The zero-order valence-corrected chi connectivity index (χ0v) is 15.3. The maximum atomic E-state index is 12.3. The molecule has 1 amide bonds. The molecule has 0 bridgehead atoms. The van der Waals surface area contributed by atoms with Gasteiger partial charge in [0.2, 0.25) is 5.91 Å². The van der Waals surface area contributed by atoms with Crippen molar-refractivity contribution in [1.29, 1.82) is 0 Å². The van der Waals surface area contributed by atoms with Crippen LogP contribution in [0.25, 0.3) is 11.3 Å². The summed E-state index contributed by atoms with van der Waals surface area (Å²) in [5.74, 6) is 1.40. The van der Waals surface area contributed by atoms with Crippen LogP contribution in [0.3, 0.4) is 0 Å². The van der Waals surface area contributed by atoms with Crippen molar-refractivity contribution in [3.63, 3.8) is 0 Å². The molecule has 1 N–H and O–H groups in total. The minimum absolute atomic E-state index is 0.0934. The van der Waals surface area contributed by atoms with Gasteiger partial charge in [0.15, 0.2) is 0 Å². The molecule has 27 heavy (non-hydrogen) atoms. The van der Waals surface area contributed by atoms with Crippen LogP contribution < -0.4 is 14.8 Å². The number of benzene rings is 2. The Kier molecular flexibility index (Phi) is 5.99. The molecule has 0 saturated heterocycles. The molecule has 0 saturated carbocycles. The minimum atomic E-state index is -0.0934. The summed E-state index contributed by atoms with van der Waals surface area (Å²) in [5, 5.41) is 2.89. The van der Waals surface area contributed by atoms with Crippen molar-refractivity contribution in [2.45, 2.75) is 13.0 Å². The molecule has 0 atom stereocenters. The molecule has 0 spiro atoms. The van der Waals surface area contributed by atoms with E-state index in [9.17, 15) is 4.79 Å². The summed E-state index contributed by atoms with van der Waals surface area (Å²) in [6, 6.07) is 17.0. The van der Waals surface area contributed by atoms with Gasteiger partial charge in [0, 0.05) is 11.1 Å². The number of aromatic nitrogens is 2. The highest BCUT2D eigenvalue weighted by Crippen LogP contribution is 2.21. The number of nitrogens with one attached hydrogen (secondary N) is 1. The first kappa shape index (κ1) is 18.4. The van der Waals surface area contributed by atoms with Crippen LogP contribution in [0.1, 0.15) is 11.3 Å². The van der Waals surface area contributed by atoms with Crippen LogP contribution in [0, 0.1) is 0 Å². The van der Waals surface area contributed by atoms with E-state index in [0.717, 1.165) is 28.3 Å². The highest BCUT2D eigenvalue weighted by Gasteiger charge is 2.09. The average Bonchev–Trinajstić information content (AvgIpc) is 2.73. The molecule has 0 aliphatic carbocycles. The van der Waals surface area contributed by atoms with E-state index in [2.05, 4.69) is 15.3 Å². The van der Waals surface area contributed by atoms with Crippen LogP contribution >= 0.6 is 0 Å². The van der Waals surface area contributed by atoms with Gasteiger partial charge in [0.1, 0.15) is 17.8 Å². The first-order valence-corrected chi connectivity index (χ1v) is 8.53. The molecule has 0 radical (unpaired) electrons. The quantitative estimate of drug-likeness (QED) is 0.698. The summed E-state index contributed by atoms with van der Waals surface area (Å²) in [6.45, 7) is 0.333. The Morgan fingerprint density at radius 1 is 1.00 bits per heavy atom. The summed E-state index contributed by atoms with van der Waals surface area (Å²) in [4.78, 5) is 20.8. The average molecular weight is 363 g/mol. The Balaban J connectivity index is 1.63. The number of carbonyl (C=O) groups is 1. The van der Waals surface area contributed by atoms with Gasteiger partial charge in [-0.2, -0.15) is 0 Å². The fourth-order valence-corrected chi connectivity index (χ4v) is 2.69. The lowest BCUT2D eigenvalue weighted by Crippen LogP contribution is -2.25. The molecule has 0 unspecified atom stereocenters. The lowest BCUT2D eigenvalue weighted by atomic mass is 10.1. The third-order valence-electron chi connectivity index (χ3n) is 4.12. The number of amides is 1. The van der Waals surface area contributed by atoms with Crippen molar-refractivity contribution < 1.29 is 14.3 Å². The van der Waals surface area contributed by atoms with Crippen LogP contribution in [0.4, 0.5) is 0 Å². The summed E-state index contributed by atoms with van der Waals surface area (Å²) < 4.78 is 10.5. The molecule has 2 aromatic carbocycles. The number of ether oxygens (including phenoxy) is 2. The predicted molar refractivity (Wildman–Crippen MR) is 103 cm³/mol. The van der Waals surface area contributed by atoms with Gasteiger partial charge >= 0.3 is 0 Å². The number of carbonyl (C=O) groups excluding carboxylic acids is 1. The number of nitrogens with zero attached hydrogens (tertiary/aromatic N) is 2. The number of rotatable bonds is 7. The minimum Gasteiger partial charge on any atom is -0.497 e. The molecule has 6 heteroatoms. The van der Waals surface area contributed by atoms with Crippen LogP contribution in [-0.4, -0.2) is 30.1 Å². The molecule has 1 heterocycles. The maximum absolute atomic E-state index is 12.3. The molecule has 3 rings (SSSR count). The van der Waals surface area contributed by atoms with Gasteiger partial charge < -0.3 is 14.8 Å². The molecule has 3 aromatic rings. The molecule has 1 aromatic heterocycles. The first-order valence-electron chi connectivity index (χ1n) is 8.53. The van der Waals surface area contributed by atoms with E-state index in [1.807, 2.05) is 54.6 Å². The van der Waals surface area contributed by atoms with Gasteiger partial charge in [-0.3, -0.25) is 4.79 Å². The first-order chi connectivity index (χ1) is 13.2. The Hall–Kier alpha value is -3.41. The molecular weight excluding hydrogens is 342 g/mol. The second kappa shape index (κ2) is 8.80. The van der Waals surface area contributed by atoms with E-state index >= 15 is 0 Å². The Morgan fingerprint density at radius 3 is 2.52 bits per heavy atom. The largest absolute Gasteiger partial charge is 0.497 e. The molecule has 6 nitrogen and oxygen atoms in total. The zero-order valence-electron chi connectivity index (χ0n) is 15.3. The van der Waals surface area contributed by atoms with E-state index in [4.69, 9.17) is 9.47 Å². The molecule has 0 fully saturated rings. The molecular formula is C21H21N3O3. The van der Waals surface area contributed by atoms with Crippen molar-refractivity contribution in [3.8, 4) is 22.8 Å². The third kappa shape index (κ3) is 4.82. The van der Waals surface area contributed by atoms with Crippen molar-refractivity contribution in [2.24, 2.45) is 0 Å². The van der Waals surface area contributed by atoms with E-state index < -0.39 is 0 Å².